The van der Waals surface area contributed by atoms with Crippen LogP contribution in [0.4, 0.5) is 5.69 Å². The largest absolute Gasteiger partial charge is 0.369 e. The Labute approximate surface area is 119 Å². The lowest BCUT2D eigenvalue weighted by molar-refractivity contribution is 0.431. The Morgan fingerprint density at radius 3 is 2.61 bits per heavy atom. The van der Waals surface area contributed by atoms with Gasteiger partial charge < -0.3 is 10.2 Å². The van der Waals surface area contributed by atoms with Crippen molar-refractivity contribution in [2.24, 2.45) is 0 Å². The second-order valence-corrected chi connectivity index (χ2v) is 6.07. The van der Waals surface area contributed by atoms with Crippen LogP contribution in [0.25, 0.3) is 0 Å². The highest BCUT2D eigenvalue weighted by Crippen LogP contribution is 2.27. The van der Waals surface area contributed by atoms with Gasteiger partial charge in [-0.25, -0.2) is 0 Å². The number of nitrogens with zero attached hydrogens (tertiary/aromatic N) is 1. The first kappa shape index (κ1) is 13.9. The summed E-state index contributed by atoms with van der Waals surface area (Å²) in [5.74, 6) is 0. The van der Waals surface area contributed by atoms with Gasteiger partial charge in [0.05, 0.1) is 0 Å². The highest BCUT2D eigenvalue weighted by molar-refractivity contribution is 9.10. The number of halogens is 1. The summed E-state index contributed by atoms with van der Waals surface area (Å²) in [4.78, 5) is 2.52. The van der Waals surface area contributed by atoms with Crippen LogP contribution in [0.3, 0.4) is 0 Å². The average Bonchev–Trinajstić information content (AvgIpc) is 2.36. The summed E-state index contributed by atoms with van der Waals surface area (Å²) >= 11 is 3.64. The van der Waals surface area contributed by atoms with Crippen LogP contribution in [0.5, 0.6) is 0 Å². The molecule has 0 aromatic heterocycles. The molecule has 2 rings (SSSR count). The molecule has 1 atom stereocenters. The molecule has 1 fully saturated rings. The number of hydrogen-bond acceptors (Lipinski definition) is 2. The molecule has 1 saturated heterocycles. The van der Waals surface area contributed by atoms with E-state index in [1.165, 1.54) is 34.1 Å². The van der Waals surface area contributed by atoms with Crippen LogP contribution in [0, 0.1) is 13.8 Å². The van der Waals surface area contributed by atoms with Crippen LogP contribution in [-0.4, -0.2) is 25.7 Å². The van der Waals surface area contributed by atoms with Gasteiger partial charge in [-0.3, -0.25) is 0 Å². The number of aryl methyl sites for hydroxylation is 2. The molecule has 0 saturated carbocycles. The van der Waals surface area contributed by atoms with Crippen LogP contribution in [0.2, 0.25) is 0 Å². The summed E-state index contributed by atoms with van der Waals surface area (Å²) in [7, 11) is 0. The third-order valence-corrected chi connectivity index (χ3v) is 4.93. The van der Waals surface area contributed by atoms with Gasteiger partial charge in [0.1, 0.15) is 0 Å². The first-order valence-corrected chi connectivity index (χ1v) is 7.66. The zero-order valence-electron chi connectivity index (χ0n) is 11.6. The van der Waals surface area contributed by atoms with Crippen molar-refractivity contribution in [3.05, 3.63) is 27.7 Å². The molecule has 3 heteroatoms. The van der Waals surface area contributed by atoms with Gasteiger partial charge in [0.2, 0.25) is 0 Å². The van der Waals surface area contributed by atoms with Crippen molar-refractivity contribution in [1.29, 1.82) is 0 Å². The smallest absolute Gasteiger partial charge is 0.0373 e. The number of anilines is 1. The third-order valence-electron chi connectivity index (χ3n) is 3.68. The molecule has 1 heterocycles. The highest BCUT2D eigenvalue weighted by atomic mass is 79.9. The van der Waals surface area contributed by atoms with Crippen molar-refractivity contribution < 1.29 is 0 Å². The van der Waals surface area contributed by atoms with E-state index in [2.05, 4.69) is 59.1 Å². The molecule has 1 N–H and O–H groups in total. The predicted octanol–water partition coefficient (Wildman–Crippen LogP) is 3.64. The minimum absolute atomic E-state index is 0.646. The molecule has 0 aliphatic carbocycles. The molecule has 0 spiro atoms. The van der Waals surface area contributed by atoms with E-state index in [1.54, 1.807) is 0 Å². The van der Waals surface area contributed by atoms with Crippen molar-refractivity contribution in [2.45, 2.75) is 39.7 Å². The van der Waals surface area contributed by atoms with E-state index in [9.17, 15) is 0 Å². The van der Waals surface area contributed by atoms with E-state index in [0.29, 0.717) is 6.04 Å². The number of hydrogen-bond donors (Lipinski definition) is 1. The lowest BCUT2D eigenvalue weighted by Crippen LogP contribution is -2.50. The Balaban J connectivity index is 2.15. The normalized spacial score (nSPS) is 20.2. The summed E-state index contributed by atoms with van der Waals surface area (Å²) in [6, 6.07) is 5.24. The average molecular weight is 311 g/mol. The SMILES string of the molecule is CCCC1CN(c2cc(C)c(Br)c(C)c2)CCN1. The minimum atomic E-state index is 0.646. The standard InChI is InChI=1S/C15H23BrN2/c1-4-5-13-10-18(7-6-17-13)14-8-11(2)15(16)12(3)9-14/h8-9,13,17H,4-7,10H2,1-3H3. The van der Waals surface area contributed by atoms with Gasteiger partial charge in [-0.05, 0) is 43.5 Å². The Bertz CT molecular complexity index is 392. The summed E-state index contributed by atoms with van der Waals surface area (Å²) in [6.07, 6.45) is 2.52. The van der Waals surface area contributed by atoms with Gasteiger partial charge in [-0.1, -0.05) is 29.3 Å². The summed E-state index contributed by atoms with van der Waals surface area (Å²) in [5.41, 5.74) is 4.03. The van der Waals surface area contributed by atoms with Gasteiger partial charge in [-0.15, -0.1) is 0 Å². The Morgan fingerprint density at radius 2 is 2.00 bits per heavy atom. The lowest BCUT2D eigenvalue weighted by Gasteiger charge is -2.35. The zero-order valence-corrected chi connectivity index (χ0v) is 13.2. The maximum atomic E-state index is 3.64. The number of benzene rings is 1. The molecular weight excluding hydrogens is 288 g/mol. The Morgan fingerprint density at radius 1 is 1.33 bits per heavy atom. The van der Waals surface area contributed by atoms with Crippen molar-refractivity contribution in [1.82, 2.24) is 5.32 Å². The highest BCUT2D eigenvalue weighted by Gasteiger charge is 2.19. The fourth-order valence-corrected chi connectivity index (χ4v) is 2.94. The fraction of sp³-hybridized carbons (Fsp3) is 0.600. The third kappa shape index (κ3) is 3.07. The molecule has 1 aromatic rings. The van der Waals surface area contributed by atoms with E-state index in [-0.39, 0.29) is 0 Å². The van der Waals surface area contributed by atoms with Crippen molar-refractivity contribution >= 4 is 21.6 Å². The quantitative estimate of drug-likeness (QED) is 0.917. The maximum absolute atomic E-state index is 3.64. The molecule has 1 aliphatic rings. The van der Waals surface area contributed by atoms with Crippen LogP contribution in [0.1, 0.15) is 30.9 Å². The van der Waals surface area contributed by atoms with Gasteiger partial charge in [0.15, 0.2) is 0 Å². The van der Waals surface area contributed by atoms with Crippen LogP contribution < -0.4 is 10.2 Å². The van der Waals surface area contributed by atoms with Crippen molar-refractivity contribution in [2.75, 3.05) is 24.5 Å². The van der Waals surface area contributed by atoms with Crippen molar-refractivity contribution in [3.8, 4) is 0 Å². The first-order chi connectivity index (χ1) is 8.61. The maximum Gasteiger partial charge on any atom is 0.0373 e. The number of nitrogens with one attached hydrogen (secondary N) is 1. The molecule has 1 aliphatic heterocycles. The van der Waals surface area contributed by atoms with E-state index < -0.39 is 0 Å². The Hall–Kier alpha value is -0.540. The lowest BCUT2D eigenvalue weighted by atomic mass is 10.1. The monoisotopic (exact) mass is 310 g/mol. The van der Waals surface area contributed by atoms with Crippen LogP contribution >= 0.6 is 15.9 Å². The van der Waals surface area contributed by atoms with Crippen molar-refractivity contribution in [3.63, 3.8) is 0 Å². The van der Waals surface area contributed by atoms with Gasteiger partial charge >= 0.3 is 0 Å². The molecule has 2 nitrogen and oxygen atoms in total. The van der Waals surface area contributed by atoms with Gasteiger partial charge in [0, 0.05) is 35.8 Å². The van der Waals surface area contributed by atoms with E-state index in [0.717, 1.165) is 19.6 Å². The van der Waals surface area contributed by atoms with Crippen LogP contribution in [-0.2, 0) is 0 Å². The van der Waals surface area contributed by atoms with Gasteiger partial charge in [-0.2, -0.15) is 0 Å². The van der Waals surface area contributed by atoms with E-state index >= 15 is 0 Å². The number of piperazine rings is 1. The van der Waals surface area contributed by atoms with E-state index in [1.807, 2.05) is 0 Å². The molecule has 1 aromatic carbocycles. The van der Waals surface area contributed by atoms with E-state index in [4.69, 9.17) is 0 Å². The van der Waals surface area contributed by atoms with Crippen LogP contribution in [0.15, 0.2) is 16.6 Å². The molecule has 100 valence electrons. The van der Waals surface area contributed by atoms with Gasteiger partial charge in [0.25, 0.3) is 0 Å². The molecule has 18 heavy (non-hydrogen) atoms. The molecule has 1 unspecified atom stereocenters. The molecule has 0 amide bonds. The molecule has 0 bridgehead atoms. The summed E-state index contributed by atoms with van der Waals surface area (Å²) in [5, 5.41) is 3.61. The number of rotatable bonds is 3. The first-order valence-electron chi connectivity index (χ1n) is 6.87. The summed E-state index contributed by atoms with van der Waals surface area (Å²) in [6.45, 7) is 9.95. The molecular formula is C15H23BrN2. The zero-order chi connectivity index (χ0) is 13.1. The second-order valence-electron chi connectivity index (χ2n) is 5.28. The molecule has 0 radical (unpaired) electrons. The topological polar surface area (TPSA) is 15.3 Å². The summed E-state index contributed by atoms with van der Waals surface area (Å²) < 4.78 is 1.24. The fourth-order valence-electron chi connectivity index (χ4n) is 2.71. The Kier molecular flexibility index (Phi) is 4.68. The minimum Gasteiger partial charge on any atom is -0.369 e. The second kappa shape index (κ2) is 6.07. The predicted molar refractivity (Wildman–Crippen MR) is 82.5 cm³/mol.